The van der Waals surface area contributed by atoms with Crippen LogP contribution in [0.25, 0.3) is 0 Å². The molecule has 0 bridgehead atoms. The summed E-state index contributed by atoms with van der Waals surface area (Å²) in [7, 11) is 0. The van der Waals surface area contributed by atoms with E-state index in [4.69, 9.17) is 0 Å². The van der Waals surface area contributed by atoms with E-state index >= 15 is 0 Å². The molecule has 0 spiro atoms. The molecule has 1 aromatic carbocycles. The molecule has 0 aromatic heterocycles. The van der Waals surface area contributed by atoms with Crippen molar-refractivity contribution < 1.29 is 0 Å². The van der Waals surface area contributed by atoms with Crippen LogP contribution in [0.5, 0.6) is 0 Å². The lowest BCUT2D eigenvalue weighted by molar-refractivity contribution is 0.303. The van der Waals surface area contributed by atoms with Crippen LogP contribution in [0.15, 0.2) is 24.3 Å². The lowest BCUT2D eigenvalue weighted by Gasteiger charge is -2.39. The van der Waals surface area contributed by atoms with E-state index in [1.807, 2.05) is 0 Å². The van der Waals surface area contributed by atoms with Crippen LogP contribution in [0.3, 0.4) is 0 Å². The van der Waals surface area contributed by atoms with Crippen LogP contribution in [-0.4, -0.2) is 6.04 Å². The largest absolute Gasteiger partial charge is 0.307 e. The first kappa shape index (κ1) is 12.9. The summed E-state index contributed by atoms with van der Waals surface area (Å²) in [4.78, 5) is 0. The van der Waals surface area contributed by atoms with Gasteiger partial charge in [-0.3, -0.25) is 0 Å². The van der Waals surface area contributed by atoms with Crippen molar-refractivity contribution in [2.45, 2.75) is 69.9 Å². The fourth-order valence-corrected chi connectivity index (χ4v) is 4.19. The molecule has 1 heteroatoms. The minimum atomic E-state index is 0.351. The molecular formula is C19H27N. The van der Waals surface area contributed by atoms with E-state index in [0.29, 0.717) is 11.5 Å². The minimum Gasteiger partial charge on any atom is -0.307 e. The first-order valence-electron chi connectivity index (χ1n) is 8.50. The summed E-state index contributed by atoms with van der Waals surface area (Å²) in [6.45, 7) is 4.81. The smallest absolute Gasteiger partial charge is 0.0326 e. The van der Waals surface area contributed by atoms with Gasteiger partial charge in [0.05, 0.1) is 0 Å². The molecule has 3 aliphatic carbocycles. The first-order chi connectivity index (χ1) is 9.65. The van der Waals surface area contributed by atoms with Gasteiger partial charge in [-0.05, 0) is 66.9 Å². The molecule has 2 fully saturated rings. The fraction of sp³-hybridized carbons (Fsp3) is 0.684. The van der Waals surface area contributed by atoms with Crippen LogP contribution in [0.4, 0.5) is 0 Å². The highest BCUT2D eigenvalue weighted by Gasteiger charge is 2.43. The van der Waals surface area contributed by atoms with Crippen LogP contribution < -0.4 is 5.32 Å². The van der Waals surface area contributed by atoms with E-state index in [1.54, 1.807) is 11.1 Å². The molecule has 0 amide bonds. The molecule has 108 valence electrons. The predicted molar refractivity (Wildman–Crippen MR) is 83.8 cm³/mol. The number of rotatable bonds is 4. The van der Waals surface area contributed by atoms with Crippen LogP contribution in [-0.2, 0) is 5.41 Å². The van der Waals surface area contributed by atoms with Crippen molar-refractivity contribution in [3.63, 3.8) is 0 Å². The average Bonchev–Trinajstić information content (AvgIpc) is 3.31. The summed E-state index contributed by atoms with van der Waals surface area (Å²) in [6, 6.07) is 10.6. The molecule has 20 heavy (non-hydrogen) atoms. The molecule has 1 nitrogen and oxygen atoms in total. The maximum atomic E-state index is 4.07. The molecule has 1 N–H and O–H groups in total. The van der Waals surface area contributed by atoms with E-state index in [9.17, 15) is 0 Å². The Morgan fingerprint density at radius 3 is 2.30 bits per heavy atom. The van der Waals surface area contributed by atoms with Gasteiger partial charge in [0.15, 0.2) is 0 Å². The van der Waals surface area contributed by atoms with E-state index in [0.717, 1.165) is 17.9 Å². The maximum absolute atomic E-state index is 4.07. The number of fused-ring (bicyclic) bond motifs is 1. The molecule has 0 radical (unpaired) electrons. The Hall–Kier alpha value is -0.820. The first-order valence-corrected chi connectivity index (χ1v) is 8.50. The number of benzene rings is 1. The summed E-state index contributed by atoms with van der Waals surface area (Å²) < 4.78 is 0. The van der Waals surface area contributed by atoms with Gasteiger partial charge < -0.3 is 5.32 Å². The normalized spacial score (nSPS) is 28.4. The lowest BCUT2D eigenvalue weighted by Crippen LogP contribution is -2.40. The zero-order valence-corrected chi connectivity index (χ0v) is 12.9. The van der Waals surface area contributed by atoms with E-state index in [-0.39, 0.29) is 0 Å². The molecule has 1 atom stereocenters. The Morgan fingerprint density at radius 2 is 1.65 bits per heavy atom. The quantitative estimate of drug-likeness (QED) is 0.844. The van der Waals surface area contributed by atoms with Gasteiger partial charge in [0.25, 0.3) is 0 Å². The lowest BCUT2D eigenvalue weighted by atomic mass is 9.71. The Labute approximate surface area is 123 Å². The Bertz CT molecular complexity index is 484. The monoisotopic (exact) mass is 269 g/mol. The second-order valence-electron chi connectivity index (χ2n) is 7.93. The van der Waals surface area contributed by atoms with Crippen molar-refractivity contribution in [3.05, 3.63) is 35.4 Å². The third-order valence-corrected chi connectivity index (χ3v) is 5.78. The van der Waals surface area contributed by atoms with Gasteiger partial charge in [-0.15, -0.1) is 0 Å². The number of hydrogen-bond donors (Lipinski definition) is 1. The Balaban J connectivity index is 1.59. The summed E-state index contributed by atoms with van der Waals surface area (Å²) in [5.41, 5.74) is 3.51. The number of hydrogen-bond acceptors (Lipinski definition) is 1. The van der Waals surface area contributed by atoms with Crippen LogP contribution in [0.1, 0.15) is 69.5 Å². The fourth-order valence-electron chi connectivity index (χ4n) is 4.19. The van der Waals surface area contributed by atoms with Crippen LogP contribution in [0.2, 0.25) is 0 Å². The second kappa shape index (κ2) is 4.59. The van der Waals surface area contributed by atoms with Gasteiger partial charge in [0, 0.05) is 12.1 Å². The van der Waals surface area contributed by atoms with Crippen molar-refractivity contribution in [3.8, 4) is 0 Å². The predicted octanol–water partition coefficient (Wildman–Crippen LogP) is 4.58. The Kier molecular flexibility index (Phi) is 2.96. The van der Waals surface area contributed by atoms with Gasteiger partial charge in [0.2, 0.25) is 0 Å². The van der Waals surface area contributed by atoms with Crippen molar-refractivity contribution in [2.75, 3.05) is 0 Å². The SMILES string of the molecule is CC1(C)CCC(NC(C2CC2)C2CC2)c2ccccc21. The highest BCUT2D eigenvalue weighted by molar-refractivity contribution is 5.38. The van der Waals surface area contributed by atoms with Crippen molar-refractivity contribution in [2.24, 2.45) is 11.8 Å². The minimum absolute atomic E-state index is 0.351. The molecule has 1 unspecified atom stereocenters. The molecule has 3 aliphatic rings. The maximum Gasteiger partial charge on any atom is 0.0326 e. The van der Waals surface area contributed by atoms with Crippen LogP contribution in [0, 0.1) is 11.8 Å². The summed E-state index contributed by atoms with van der Waals surface area (Å²) >= 11 is 0. The molecule has 4 rings (SSSR count). The summed E-state index contributed by atoms with van der Waals surface area (Å²) in [5.74, 6) is 1.98. The van der Waals surface area contributed by atoms with Gasteiger partial charge in [-0.1, -0.05) is 38.1 Å². The third-order valence-electron chi connectivity index (χ3n) is 5.78. The molecule has 0 saturated heterocycles. The molecule has 0 aliphatic heterocycles. The molecule has 2 saturated carbocycles. The van der Waals surface area contributed by atoms with Crippen molar-refractivity contribution >= 4 is 0 Å². The summed E-state index contributed by atoms with van der Waals surface area (Å²) in [5, 5.41) is 4.07. The second-order valence-corrected chi connectivity index (χ2v) is 7.93. The molecule has 1 aromatic rings. The van der Waals surface area contributed by atoms with Gasteiger partial charge >= 0.3 is 0 Å². The van der Waals surface area contributed by atoms with Gasteiger partial charge in [-0.2, -0.15) is 0 Å². The summed E-state index contributed by atoms with van der Waals surface area (Å²) in [6.07, 6.45) is 8.48. The third kappa shape index (κ3) is 2.30. The Morgan fingerprint density at radius 1 is 1.00 bits per heavy atom. The number of nitrogens with one attached hydrogen (secondary N) is 1. The van der Waals surface area contributed by atoms with Gasteiger partial charge in [-0.25, -0.2) is 0 Å². The standard InChI is InChI=1S/C19H27N/c1-19(2)12-11-17(15-5-3-4-6-16(15)19)20-18(13-7-8-13)14-9-10-14/h3-6,13-14,17-18,20H,7-12H2,1-2H3. The topological polar surface area (TPSA) is 12.0 Å². The highest BCUT2D eigenvalue weighted by atomic mass is 15.0. The van der Waals surface area contributed by atoms with E-state index < -0.39 is 0 Å². The molecular weight excluding hydrogens is 242 g/mol. The van der Waals surface area contributed by atoms with Crippen molar-refractivity contribution in [1.29, 1.82) is 0 Å². The van der Waals surface area contributed by atoms with E-state index in [1.165, 1.54) is 38.5 Å². The van der Waals surface area contributed by atoms with Crippen LogP contribution >= 0.6 is 0 Å². The highest BCUT2D eigenvalue weighted by Crippen LogP contribution is 2.47. The zero-order chi connectivity index (χ0) is 13.7. The van der Waals surface area contributed by atoms with Crippen molar-refractivity contribution in [1.82, 2.24) is 5.32 Å². The van der Waals surface area contributed by atoms with E-state index in [2.05, 4.69) is 43.4 Å². The van der Waals surface area contributed by atoms with Gasteiger partial charge in [0.1, 0.15) is 0 Å². The molecule has 0 heterocycles. The average molecular weight is 269 g/mol. The zero-order valence-electron chi connectivity index (χ0n) is 12.9.